The van der Waals surface area contributed by atoms with Gasteiger partial charge in [0.25, 0.3) is 5.91 Å². The summed E-state index contributed by atoms with van der Waals surface area (Å²) >= 11 is 0. The van der Waals surface area contributed by atoms with Crippen LogP contribution in [0.4, 0.5) is 11.4 Å². The fourth-order valence-electron chi connectivity index (χ4n) is 4.64. The number of rotatable bonds is 6. The molecule has 1 saturated carbocycles. The minimum atomic E-state index is -0.462. The van der Waals surface area contributed by atoms with E-state index >= 15 is 0 Å². The molecule has 156 valence electrons. The number of likely N-dealkylation sites (tertiary alicyclic amines) is 1. The molecule has 0 bridgehead atoms. The standard InChI is InChI=1S/C22H29N3O4/c26-20(23-17-7-9-18(10-8-17)24-11-3-4-12-24)15-29-22(28)16-13-21(27)25(14-16)19-5-1-2-6-19/h7-10,16,19H,1-6,11-15H2,(H,23,26)/t16-/m1/s1. The van der Waals surface area contributed by atoms with E-state index in [1.54, 1.807) is 0 Å². The lowest BCUT2D eigenvalue weighted by Crippen LogP contribution is -2.35. The molecule has 1 atom stereocenters. The van der Waals surface area contributed by atoms with Gasteiger partial charge in [-0.2, -0.15) is 0 Å². The number of hydrogen-bond donors (Lipinski definition) is 1. The monoisotopic (exact) mass is 399 g/mol. The normalized spacial score (nSPS) is 22.3. The zero-order valence-electron chi connectivity index (χ0n) is 16.8. The molecule has 0 aromatic heterocycles. The molecular weight excluding hydrogens is 370 g/mol. The van der Waals surface area contributed by atoms with Crippen molar-refractivity contribution >= 4 is 29.2 Å². The molecule has 1 N–H and O–H groups in total. The SMILES string of the molecule is O=C(COC(=O)[C@@H]1CC(=O)N(C2CCCC2)C1)Nc1ccc(N2CCCC2)cc1. The smallest absolute Gasteiger partial charge is 0.311 e. The van der Waals surface area contributed by atoms with Gasteiger partial charge >= 0.3 is 5.97 Å². The highest BCUT2D eigenvalue weighted by atomic mass is 16.5. The number of ether oxygens (including phenoxy) is 1. The Balaban J connectivity index is 1.22. The first kappa shape index (κ1) is 19.7. The van der Waals surface area contributed by atoms with Gasteiger partial charge < -0.3 is 19.9 Å². The molecule has 1 aromatic rings. The van der Waals surface area contributed by atoms with Crippen molar-refractivity contribution in [2.24, 2.45) is 5.92 Å². The summed E-state index contributed by atoms with van der Waals surface area (Å²) in [5.41, 5.74) is 1.84. The van der Waals surface area contributed by atoms with Gasteiger partial charge in [-0.1, -0.05) is 12.8 Å². The molecule has 0 unspecified atom stereocenters. The van der Waals surface area contributed by atoms with Crippen LogP contribution in [0.25, 0.3) is 0 Å². The van der Waals surface area contributed by atoms with Crippen LogP contribution in [0, 0.1) is 5.92 Å². The summed E-state index contributed by atoms with van der Waals surface area (Å²) in [6.45, 7) is 2.23. The zero-order chi connectivity index (χ0) is 20.2. The van der Waals surface area contributed by atoms with Crippen LogP contribution < -0.4 is 10.2 Å². The summed E-state index contributed by atoms with van der Waals surface area (Å²) in [6, 6.07) is 7.99. The highest BCUT2D eigenvalue weighted by Gasteiger charge is 2.39. The summed E-state index contributed by atoms with van der Waals surface area (Å²) in [4.78, 5) is 40.8. The molecule has 3 fully saturated rings. The Kier molecular flexibility index (Phi) is 6.02. The van der Waals surface area contributed by atoms with Gasteiger partial charge in [-0.3, -0.25) is 14.4 Å². The zero-order valence-corrected chi connectivity index (χ0v) is 16.8. The number of carbonyl (C=O) groups is 3. The summed E-state index contributed by atoms with van der Waals surface area (Å²) in [7, 11) is 0. The molecule has 29 heavy (non-hydrogen) atoms. The second kappa shape index (κ2) is 8.84. The molecule has 1 aliphatic carbocycles. The summed E-state index contributed by atoms with van der Waals surface area (Å²) < 4.78 is 5.19. The van der Waals surface area contributed by atoms with Crippen LogP contribution in [0.3, 0.4) is 0 Å². The molecule has 4 rings (SSSR count). The second-order valence-corrected chi connectivity index (χ2v) is 8.28. The fraction of sp³-hybridized carbons (Fsp3) is 0.591. The van der Waals surface area contributed by atoms with Gasteiger partial charge in [-0.05, 0) is 49.9 Å². The Morgan fingerprint density at radius 3 is 2.41 bits per heavy atom. The van der Waals surface area contributed by atoms with Crippen LogP contribution >= 0.6 is 0 Å². The molecule has 1 aromatic carbocycles. The Bertz CT molecular complexity index is 752. The van der Waals surface area contributed by atoms with Crippen molar-refractivity contribution in [1.29, 1.82) is 0 Å². The summed E-state index contributed by atoms with van der Waals surface area (Å²) in [5, 5.41) is 2.76. The maximum atomic E-state index is 12.3. The predicted molar refractivity (Wildman–Crippen MR) is 110 cm³/mol. The van der Waals surface area contributed by atoms with Crippen LogP contribution in [-0.2, 0) is 19.1 Å². The summed E-state index contributed by atoms with van der Waals surface area (Å²) in [6.07, 6.45) is 6.95. The van der Waals surface area contributed by atoms with Crippen LogP contribution in [0.2, 0.25) is 0 Å². The quantitative estimate of drug-likeness (QED) is 0.744. The lowest BCUT2D eigenvalue weighted by molar-refractivity contribution is -0.151. The van der Waals surface area contributed by atoms with Gasteiger partial charge in [0, 0.05) is 43.5 Å². The summed E-state index contributed by atoms with van der Waals surface area (Å²) in [5.74, 6) is -1.26. The van der Waals surface area contributed by atoms with E-state index in [2.05, 4.69) is 10.2 Å². The average molecular weight is 399 g/mol. The van der Waals surface area contributed by atoms with E-state index in [0.29, 0.717) is 12.2 Å². The maximum absolute atomic E-state index is 12.3. The molecule has 2 saturated heterocycles. The first-order valence-corrected chi connectivity index (χ1v) is 10.7. The number of amides is 2. The van der Waals surface area contributed by atoms with Crippen molar-refractivity contribution in [3.05, 3.63) is 24.3 Å². The lowest BCUT2D eigenvalue weighted by Gasteiger charge is -2.23. The van der Waals surface area contributed by atoms with E-state index in [9.17, 15) is 14.4 Å². The first-order chi connectivity index (χ1) is 14.1. The van der Waals surface area contributed by atoms with E-state index in [0.717, 1.165) is 44.5 Å². The average Bonchev–Trinajstić information content (AvgIpc) is 3.48. The molecule has 7 heteroatoms. The highest BCUT2D eigenvalue weighted by molar-refractivity contribution is 5.93. The molecule has 2 heterocycles. The molecule has 2 amide bonds. The minimum Gasteiger partial charge on any atom is -0.455 e. The van der Waals surface area contributed by atoms with Crippen molar-refractivity contribution < 1.29 is 19.1 Å². The van der Waals surface area contributed by atoms with Gasteiger partial charge in [0.05, 0.1) is 5.92 Å². The molecule has 2 aliphatic heterocycles. The molecule has 0 spiro atoms. The first-order valence-electron chi connectivity index (χ1n) is 10.7. The van der Waals surface area contributed by atoms with Crippen molar-refractivity contribution in [2.75, 3.05) is 36.5 Å². The van der Waals surface area contributed by atoms with Crippen molar-refractivity contribution in [3.8, 4) is 0 Å². The van der Waals surface area contributed by atoms with Crippen LogP contribution in [-0.4, -0.2) is 55.0 Å². The largest absolute Gasteiger partial charge is 0.455 e. The minimum absolute atomic E-state index is 0.0291. The van der Waals surface area contributed by atoms with Gasteiger partial charge in [0.2, 0.25) is 5.91 Å². The van der Waals surface area contributed by atoms with E-state index in [4.69, 9.17) is 4.74 Å². The van der Waals surface area contributed by atoms with Gasteiger partial charge in [-0.15, -0.1) is 0 Å². The lowest BCUT2D eigenvalue weighted by atomic mass is 10.1. The van der Waals surface area contributed by atoms with E-state index in [-0.39, 0.29) is 30.9 Å². The number of benzene rings is 1. The molecular formula is C22H29N3O4. The second-order valence-electron chi connectivity index (χ2n) is 8.28. The van der Waals surface area contributed by atoms with Crippen molar-refractivity contribution in [2.45, 2.75) is 51.0 Å². The van der Waals surface area contributed by atoms with Crippen molar-refractivity contribution in [3.63, 3.8) is 0 Å². The van der Waals surface area contributed by atoms with E-state index in [1.165, 1.54) is 12.8 Å². The topological polar surface area (TPSA) is 79.0 Å². The fourth-order valence-corrected chi connectivity index (χ4v) is 4.64. The molecule has 3 aliphatic rings. The van der Waals surface area contributed by atoms with E-state index in [1.807, 2.05) is 29.2 Å². The van der Waals surface area contributed by atoms with Crippen molar-refractivity contribution in [1.82, 2.24) is 4.90 Å². The Morgan fingerprint density at radius 1 is 1.03 bits per heavy atom. The third-order valence-corrected chi connectivity index (χ3v) is 6.23. The number of carbonyl (C=O) groups excluding carboxylic acids is 3. The number of nitrogens with zero attached hydrogens (tertiary/aromatic N) is 2. The van der Waals surface area contributed by atoms with Gasteiger partial charge in [0.1, 0.15) is 0 Å². The predicted octanol–water partition coefficient (Wildman–Crippen LogP) is 2.56. The molecule has 7 nitrogen and oxygen atoms in total. The molecule has 0 radical (unpaired) electrons. The highest BCUT2D eigenvalue weighted by Crippen LogP contribution is 2.30. The Hall–Kier alpha value is -2.57. The number of hydrogen-bond acceptors (Lipinski definition) is 5. The van der Waals surface area contributed by atoms with Gasteiger partial charge in [0.15, 0.2) is 6.61 Å². The number of nitrogens with one attached hydrogen (secondary N) is 1. The van der Waals surface area contributed by atoms with Crippen LogP contribution in [0.15, 0.2) is 24.3 Å². The van der Waals surface area contributed by atoms with Crippen LogP contribution in [0.1, 0.15) is 44.9 Å². The van der Waals surface area contributed by atoms with E-state index < -0.39 is 11.9 Å². The Labute approximate surface area is 171 Å². The third kappa shape index (κ3) is 4.71. The third-order valence-electron chi connectivity index (χ3n) is 6.23. The Morgan fingerprint density at radius 2 is 1.72 bits per heavy atom. The van der Waals surface area contributed by atoms with Gasteiger partial charge in [-0.25, -0.2) is 0 Å². The number of esters is 1. The van der Waals surface area contributed by atoms with Crippen LogP contribution in [0.5, 0.6) is 0 Å². The number of anilines is 2. The maximum Gasteiger partial charge on any atom is 0.311 e.